The Balaban J connectivity index is 2.08. The van der Waals surface area contributed by atoms with E-state index in [0.29, 0.717) is 6.54 Å². The molecule has 0 fully saturated rings. The number of aromatic nitrogens is 2. The second kappa shape index (κ2) is 5.54. The van der Waals surface area contributed by atoms with Crippen LogP contribution in [0.1, 0.15) is 16.7 Å². The van der Waals surface area contributed by atoms with Crippen molar-refractivity contribution in [2.45, 2.75) is 19.1 Å². The summed E-state index contributed by atoms with van der Waals surface area (Å²) in [7, 11) is 0. The highest BCUT2D eigenvalue weighted by atomic mass is 16.3. The quantitative estimate of drug-likeness (QED) is 0.796. The Labute approximate surface area is 124 Å². The molecular formula is C18H18N2O. The number of aliphatic hydroxyl groups is 1. The third-order valence-electron chi connectivity index (χ3n) is 3.75. The summed E-state index contributed by atoms with van der Waals surface area (Å²) in [4.78, 5) is 4.06. The van der Waals surface area contributed by atoms with Gasteiger partial charge in [0, 0.05) is 12.4 Å². The van der Waals surface area contributed by atoms with Gasteiger partial charge in [-0.15, -0.1) is 0 Å². The number of benzene rings is 2. The van der Waals surface area contributed by atoms with E-state index in [9.17, 15) is 5.11 Å². The maximum Gasteiger partial charge on any atom is 0.132 e. The van der Waals surface area contributed by atoms with E-state index >= 15 is 0 Å². The van der Waals surface area contributed by atoms with Gasteiger partial charge in [-0.2, -0.15) is 0 Å². The van der Waals surface area contributed by atoms with Crippen LogP contribution in [0.4, 0.5) is 0 Å². The number of hydrogen-bond donors (Lipinski definition) is 1. The van der Waals surface area contributed by atoms with E-state index in [0.717, 1.165) is 11.1 Å². The molecule has 0 spiro atoms. The molecule has 0 radical (unpaired) electrons. The molecule has 0 aliphatic heterocycles. The minimum Gasteiger partial charge on any atom is -0.378 e. The molecule has 21 heavy (non-hydrogen) atoms. The molecule has 3 rings (SSSR count). The molecule has 1 N–H and O–H groups in total. The zero-order valence-corrected chi connectivity index (χ0v) is 12.0. The number of imidazole rings is 1. The molecular weight excluding hydrogens is 260 g/mol. The summed E-state index contributed by atoms with van der Waals surface area (Å²) in [5, 5.41) is 11.4. The fourth-order valence-corrected chi connectivity index (χ4v) is 2.54. The molecule has 3 heteroatoms. The molecule has 0 amide bonds. The van der Waals surface area contributed by atoms with Crippen LogP contribution in [0.2, 0.25) is 0 Å². The number of nitrogens with zero attached hydrogens (tertiary/aromatic N) is 2. The fraction of sp³-hybridized carbons (Fsp3) is 0.167. The first-order valence-corrected chi connectivity index (χ1v) is 6.99. The van der Waals surface area contributed by atoms with Crippen molar-refractivity contribution in [1.29, 1.82) is 0 Å². The van der Waals surface area contributed by atoms with Crippen molar-refractivity contribution in [3.63, 3.8) is 0 Å². The summed E-state index contributed by atoms with van der Waals surface area (Å²) < 4.78 is 1.90. The molecule has 2 aromatic carbocycles. The monoisotopic (exact) mass is 278 g/mol. The SMILES string of the molecule is Cc1ccc([C@](O)(Cn2ccnc2)c2ccccc2)cc1. The number of aryl methyl sites for hydroxylation is 1. The normalized spacial score (nSPS) is 13.8. The van der Waals surface area contributed by atoms with Gasteiger partial charge in [0.1, 0.15) is 5.60 Å². The van der Waals surface area contributed by atoms with Crippen LogP contribution in [-0.2, 0) is 12.1 Å². The fourth-order valence-electron chi connectivity index (χ4n) is 2.54. The molecule has 106 valence electrons. The summed E-state index contributed by atoms with van der Waals surface area (Å²) in [5.74, 6) is 0. The van der Waals surface area contributed by atoms with Crippen molar-refractivity contribution in [1.82, 2.24) is 9.55 Å². The van der Waals surface area contributed by atoms with Gasteiger partial charge in [0.05, 0.1) is 12.9 Å². The minimum absolute atomic E-state index is 0.431. The molecule has 3 nitrogen and oxygen atoms in total. The summed E-state index contributed by atoms with van der Waals surface area (Å²) in [6.07, 6.45) is 5.31. The first-order chi connectivity index (χ1) is 10.2. The zero-order chi connectivity index (χ0) is 14.7. The van der Waals surface area contributed by atoms with Crippen molar-refractivity contribution in [2.75, 3.05) is 0 Å². The van der Waals surface area contributed by atoms with Crippen LogP contribution in [0.5, 0.6) is 0 Å². The first-order valence-electron chi connectivity index (χ1n) is 6.99. The average Bonchev–Trinajstić information content (AvgIpc) is 3.01. The van der Waals surface area contributed by atoms with Crippen LogP contribution in [-0.4, -0.2) is 14.7 Å². The lowest BCUT2D eigenvalue weighted by Gasteiger charge is -2.30. The maximum atomic E-state index is 11.4. The minimum atomic E-state index is -1.07. The van der Waals surface area contributed by atoms with Crippen molar-refractivity contribution < 1.29 is 5.11 Å². The molecule has 1 heterocycles. The topological polar surface area (TPSA) is 38.0 Å². The van der Waals surface area contributed by atoms with Gasteiger partial charge in [0.25, 0.3) is 0 Å². The summed E-state index contributed by atoms with van der Waals surface area (Å²) in [5.41, 5.74) is 1.86. The smallest absolute Gasteiger partial charge is 0.132 e. The van der Waals surface area contributed by atoms with Gasteiger partial charge in [-0.05, 0) is 18.1 Å². The van der Waals surface area contributed by atoms with E-state index in [2.05, 4.69) is 4.98 Å². The van der Waals surface area contributed by atoms with Crippen LogP contribution in [0, 0.1) is 6.92 Å². The lowest BCUT2D eigenvalue weighted by atomic mass is 9.86. The number of rotatable bonds is 4. The molecule has 1 aromatic heterocycles. The molecule has 0 saturated carbocycles. The van der Waals surface area contributed by atoms with E-state index < -0.39 is 5.60 Å². The molecule has 0 unspecified atom stereocenters. The Bertz CT molecular complexity index is 690. The summed E-state index contributed by atoms with van der Waals surface area (Å²) >= 11 is 0. The van der Waals surface area contributed by atoms with E-state index in [1.165, 1.54) is 5.56 Å². The van der Waals surface area contributed by atoms with Gasteiger partial charge in [0.2, 0.25) is 0 Å². The lowest BCUT2D eigenvalue weighted by molar-refractivity contribution is 0.0612. The van der Waals surface area contributed by atoms with Crippen LogP contribution in [0.15, 0.2) is 73.3 Å². The van der Waals surface area contributed by atoms with E-state index in [1.807, 2.05) is 72.3 Å². The molecule has 0 bridgehead atoms. The summed E-state index contributed by atoms with van der Waals surface area (Å²) in [6.45, 7) is 2.47. The van der Waals surface area contributed by atoms with E-state index in [1.54, 1.807) is 12.5 Å². The molecule has 0 aliphatic carbocycles. The maximum absolute atomic E-state index is 11.4. The third kappa shape index (κ3) is 2.73. The Hall–Kier alpha value is -2.39. The van der Waals surface area contributed by atoms with E-state index in [-0.39, 0.29) is 0 Å². The largest absolute Gasteiger partial charge is 0.378 e. The van der Waals surface area contributed by atoms with Crippen LogP contribution >= 0.6 is 0 Å². The molecule has 0 aliphatic rings. The summed E-state index contributed by atoms with van der Waals surface area (Å²) in [6, 6.07) is 17.8. The van der Waals surface area contributed by atoms with Crippen LogP contribution in [0.3, 0.4) is 0 Å². The highest BCUT2D eigenvalue weighted by Gasteiger charge is 2.31. The predicted molar refractivity (Wildman–Crippen MR) is 82.8 cm³/mol. The third-order valence-corrected chi connectivity index (χ3v) is 3.75. The Morgan fingerprint density at radius 3 is 2.29 bits per heavy atom. The second-order valence-corrected chi connectivity index (χ2v) is 5.33. The second-order valence-electron chi connectivity index (χ2n) is 5.33. The predicted octanol–water partition coefficient (Wildman–Crippen LogP) is 3.13. The van der Waals surface area contributed by atoms with Crippen LogP contribution in [0.25, 0.3) is 0 Å². The Morgan fingerprint density at radius 1 is 1.00 bits per heavy atom. The van der Waals surface area contributed by atoms with Gasteiger partial charge in [-0.1, -0.05) is 60.2 Å². The van der Waals surface area contributed by atoms with Gasteiger partial charge >= 0.3 is 0 Å². The zero-order valence-electron chi connectivity index (χ0n) is 12.0. The Kier molecular flexibility index (Phi) is 3.59. The van der Waals surface area contributed by atoms with Crippen molar-refractivity contribution >= 4 is 0 Å². The Morgan fingerprint density at radius 2 is 1.67 bits per heavy atom. The standard InChI is InChI=1S/C18H18N2O/c1-15-7-9-17(10-8-15)18(21,13-20-12-11-19-14-20)16-5-3-2-4-6-16/h2-12,14,21H,13H2,1H3/t18-/m0/s1. The van der Waals surface area contributed by atoms with Gasteiger partial charge in [0.15, 0.2) is 0 Å². The molecule has 0 saturated heterocycles. The van der Waals surface area contributed by atoms with Gasteiger partial charge < -0.3 is 9.67 Å². The van der Waals surface area contributed by atoms with Gasteiger partial charge in [-0.3, -0.25) is 0 Å². The highest BCUT2D eigenvalue weighted by molar-refractivity contribution is 5.37. The van der Waals surface area contributed by atoms with Crippen LogP contribution < -0.4 is 0 Å². The molecule has 1 atom stereocenters. The lowest BCUT2D eigenvalue weighted by Crippen LogP contribution is -2.32. The van der Waals surface area contributed by atoms with Crippen molar-refractivity contribution in [3.8, 4) is 0 Å². The van der Waals surface area contributed by atoms with Crippen molar-refractivity contribution in [2.24, 2.45) is 0 Å². The molecule has 3 aromatic rings. The van der Waals surface area contributed by atoms with Crippen molar-refractivity contribution in [3.05, 3.63) is 90.0 Å². The first kappa shape index (κ1) is 13.6. The van der Waals surface area contributed by atoms with Gasteiger partial charge in [-0.25, -0.2) is 4.98 Å². The van der Waals surface area contributed by atoms with E-state index in [4.69, 9.17) is 0 Å². The number of hydrogen-bond acceptors (Lipinski definition) is 2. The average molecular weight is 278 g/mol. The highest BCUT2D eigenvalue weighted by Crippen LogP contribution is 2.31.